The number of benzene rings is 1. The average molecular weight is 287 g/mol. The fourth-order valence-corrected chi connectivity index (χ4v) is 1.62. The second-order valence-electron chi connectivity index (χ2n) is 3.99. The van der Waals surface area contributed by atoms with Crippen LogP contribution in [0.4, 0.5) is 4.79 Å². The fourth-order valence-electron chi connectivity index (χ4n) is 1.04. The third-order valence-electron chi connectivity index (χ3n) is 1.82. The highest BCUT2D eigenvalue weighted by molar-refractivity contribution is 9.10. The summed E-state index contributed by atoms with van der Waals surface area (Å²) in [6, 6.07) is 5.48. The van der Waals surface area contributed by atoms with Gasteiger partial charge in [-0.2, -0.15) is 0 Å². The molecule has 3 nitrogen and oxygen atoms in total. The lowest BCUT2D eigenvalue weighted by atomic mass is 10.2. The van der Waals surface area contributed by atoms with Crippen molar-refractivity contribution in [3.05, 3.63) is 28.2 Å². The van der Waals surface area contributed by atoms with E-state index in [1.54, 1.807) is 6.07 Å². The molecule has 0 N–H and O–H groups in total. The first kappa shape index (κ1) is 13.0. The number of halogens is 1. The lowest BCUT2D eigenvalue weighted by Gasteiger charge is -2.09. The van der Waals surface area contributed by atoms with Crippen LogP contribution in [-0.4, -0.2) is 12.8 Å². The predicted molar refractivity (Wildman–Crippen MR) is 65.7 cm³/mol. The minimum atomic E-state index is -0.668. The third kappa shape index (κ3) is 4.23. The van der Waals surface area contributed by atoms with Crippen molar-refractivity contribution in [3.63, 3.8) is 0 Å². The maximum Gasteiger partial charge on any atom is 0.513 e. The molecule has 4 heteroatoms. The second-order valence-corrected chi connectivity index (χ2v) is 4.85. The molecule has 1 aromatic rings. The molecule has 0 saturated carbocycles. The molecule has 0 aliphatic heterocycles. The monoisotopic (exact) mass is 286 g/mol. The molecule has 0 aliphatic rings. The van der Waals surface area contributed by atoms with Gasteiger partial charge in [0.25, 0.3) is 0 Å². The van der Waals surface area contributed by atoms with Gasteiger partial charge in [0.15, 0.2) is 0 Å². The Labute approximate surface area is 104 Å². The molecule has 16 heavy (non-hydrogen) atoms. The summed E-state index contributed by atoms with van der Waals surface area (Å²) in [5, 5.41) is 0. The number of carbonyl (C=O) groups excluding carboxylic acids is 1. The van der Waals surface area contributed by atoms with E-state index >= 15 is 0 Å². The minimum Gasteiger partial charge on any atom is -0.434 e. The van der Waals surface area contributed by atoms with Gasteiger partial charge >= 0.3 is 6.16 Å². The summed E-state index contributed by atoms with van der Waals surface area (Å²) in [5.74, 6) is 0.772. The first-order valence-electron chi connectivity index (χ1n) is 5.10. The van der Waals surface area contributed by atoms with Crippen molar-refractivity contribution in [1.82, 2.24) is 0 Å². The van der Waals surface area contributed by atoms with Gasteiger partial charge in [-0.05, 0) is 46.5 Å². The van der Waals surface area contributed by atoms with Gasteiger partial charge in [0.1, 0.15) is 5.75 Å². The van der Waals surface area contributed by atoms with Gasteiger partial charge in [-0.25, -0.2) is 4.79 Å². The van der Waals surface area contributed by atoms with E-state index in [1.807, 2.05) is 32.9 Å². The van der Waals surface area contributed by atoms with Crippen molar-refractivity contribution in [1.29, 1.82) is 0 Å². The molecular formula is C12H15BrO3. The molecule has 0 radical (unpaired) electrons. The summed E-state index contributed by atoms with van der Waals surface area (Å²) < 4.78 is 10.7. The molecule has 0 amide bonds. The SMILES string of the molecule is Cc1ccc(OC(=O)OCC(C)C)c(Br)c1. The molecule has 0 unspecified atom stereocenters. The predicted octanol–water partition coefficient (Wildman–Crippen LogP) is 3.93. The van der Waals surface area contributed by atoms with Crippen LogP contribution in [0.25, 0.3) is 0 Å². The Balaban J connectivity index is 2.56. The quantitative estimate of drug-likeness (QED) is 0.624. The molecule has 0 saturated heterocycles. The van der Waals surface area contributed by atoms with E-state index in [9.17, 15) is 4.79 Å². The molecule has 0 fully saturated rings. The Morgan fingerprint density at radius 3 is 2.69 bits per heavy atom. The standard InChI is InChI=1S/C12H15BrO3/c1-8(2)7-15-12(14)16-11-5-4-9(3)6-10(11)13/h4-6,8H,7H2,1-3H3. The van der Waals surface area contributed by atoms with Crippen LogP contribution in [-0.2, 0) is 4.74 Å². The number of aryl methyl sites for hydroxylation is 1. The zero-order valence-corrected chi connectivity index (χ0v) is 11.2. The van der Waals surface area contributed by atoms with Crippen molar-refractivity contribution < 1.29 is 14.3 Å². The molecule has 0 bridgehead atoms. The highest BCUT2D eigenvalue weighted by atomic mass is 79.9. The Kier molecular flexibility index (Phi) is 4.80. The van der Waals surface area contributed by atoms with Crippen LogP contribution in [0.15, 0.2) is 22.7 Å². The summed E-state index contributed by atoms with van der Waals surface area (Å²) >= 11 is 3.32. The van der Waals surface area contributed by atoms with Gasteiger partial charge < -0.3 is 9.47 Å². The van der Waals surface area contributed by atoms with Gasteiger partial charge in [0.05, 0.1) is 11.1 Å². The normalized spacial score (nSPS) is 10.3. The Hall–Kier alpha value is -1.03. The summed E-state index contributed by atoms with van der Waals surface area (Å²) in [6.45, 7) is 6.26. The molecule has 1 aromatic carbocycles. The first-order valence-corrected chi connectivity index (χ1v) is 5.89. The van der Waals surface area contributed by atoms with Crippen LogP contribution in [0.5, 0.6) is 5.75 Å². The summed E-state index contributed by atoms with van der Waals surface area (Å²) in [5.41, 5.74) is 1.09. The maximum atomic E-state index is 11.3. The van der Waals surface area contributed by atoms with Crippen molar-refractivity contribution in [2.75, 3.05) is 6.61 Å². The number of carbonyl (C=O) groups is 1. The van der Waals surface area contributed by atoms with E-state index < -0.39 is 6.16 Å². The number of hydrogen-bond acceptors (Lipinski definition) is 3. The average Bonchev–Trinajstić information content (AvgIpc) is 2.19. The molecule has 0 aromatic heterocycles. The van der Waals surface area contributed by atoms with Gasteiger partial charge in [0, 0.05) is 0 Å². The molecule has 88 valence electrons. The Morgan fingerprint density at radius 2 is 2.12 bits per heavy atom. The fraction of sp³-hybridized carbons (Fsp3) is 0.417. The van der Waals surface area contributed by atoms with Gasteiger partial charge in [0.2, 0.25) is 0 Å². The highest BCUT2D eigenvalue weighted by Crippen LogP contribution is 2.26. The van der Waals surface area contributed by atoms with Crippen molar-refractivity contribution in [2.24, 2.45) is 5.92 Å². The Bertz CT molecular complexity index is 375. The van der Waals surface area contributed by atoms with E-state index in [0.29, 0.717) is 18.3 Å². The maximum absolute atomic E-state index is 11.3. The summed E-state index contributed by atoms with van der Waals surface area (Å²) in [4.78, 5) is 11.3. The van der Waals surface area contributed by atoms with E-state index in [2.05, 4.69) is 15.9 Å². The minimum absolute atomic E-state index is 0.300. The van der Waals surface area contributed by atoms with Crippen LogP contribution in [0, 0.1) is 12.8 Å². The zero-order valence-electron chi connectivity index (χ0n) is 9.62. The Morgan fingerprint density at radius 1 is 1.44 bits per heavy atom. The summed E-state index contributed by atoms with van der Waals surface area (Å²) in [6.07, 6.45) is -0.668. The van der Waals surface area contributed by atoms with Crippen LogP contribution < -0.4 is 4.74 Å². The molecular weight excluding hydrogens is 272 g/mol. The molecule has 0 aliphatic carbocycles. The van der Waals surface area contributed by atoms with Gasteiger partial charge in [-0.15, -0.1) is 0 Å². The van der Waals surface area contributed by atoms with Crippen molar-refractivity contribution in [3.8, 4) is 5.75 Å². The van der Waals surface area contributed by atoms with E-state index in [1.165, 1.54) is 0 Å². The smallest absolute Gasteiger partial charge is 0.434 e. The number of ether oxygens (including phenoxy) is 2. The van der Waals surface area contributed by atoms with Crippen LogP contribution >= 0.6 is 15.9 Å². The largest absolute Gasteiger partial charge is 0.513 e. The highest BCUT2D eigenvalue weighted by Gasteiger charge is 2.09. The molecule has 0 heterocycles. The van der Waals surface area contributed by atoms with Gasteiger partial charge in [-0.3, -0.25) is 0 Å². The van der Waals surface area contributed by atoms with Crippen LogP contribution in [0.1, 0.15) is 19.4 Å². The van der Waals surface area contributed by atoms with E-state index in [0.717, 1.165) is 10.0 Å². The number of rotatable bonds is 3. The zero-order chi connectivity index (χ0) is 12.1. The van der Waals surface area contributed by atoms with Gasteiger partial charge in [-0.1, -0.05) is 19.9 Å². The number of hydrogen-bond donors (Lipinski definition) is 0. The van der Waals surface area contributed by atoms with Crippen LogP contribution in [0.3, 0.4) is 0 Å². The third-order valence-corrected chi connectivity index (χ3v) is 2.43. The topological polar surface area (TPSA) is 35.5 Å². The second kappa shape index (κ2) is 5.89. The van der Waals surface area contributed by atoms with E-state index in [4.69, 9.17) is 9.47 Å². The summed E-state index contributed by atoms with van der Waals surface area (Å²) in [7, 11) is 0. The molecule has 0 spiro atoms. The lowest BCUT2D eigenvalue weighted by Crippen LogP contribution is -2.14. The first-order chi connectivity index (χ1) is 7.49. The molecule has 0 atom stereocenters. The van der Waals surface area contributed by atoms with Crippen molar-refractivity contribution >= 4 is 22.1 Å². The molecule has 1 rings (SSSR count). The van der Waals surface area contributed by atoms with Crippen molar-refractivity contribution in [2.45, 2.75) is 20.8 Å². The van der Waals surface area contributed by atoms with E-state index in [-0.39, 0.29) is 0 Å². The lowest BCUT2D eigenvalue weighted by molar-refractivity contribution is 0.0883. The van der Waals surface area contributed by atoms with Crippen LogP contribution in [0.2, 0.25) is 0 Å².